The summed E-state index contributed by atoms with van der Waals surface area (Å²) in [5.41, 5.74) is 12.6. The zero-order valence-corrected chi connectivity index (χ0v) is 14.1. The Morgan fingerprint density at radius 2 is 1.81 bits per heavy atom. The molecule has 1 heterocycles. The van der Waals surface area contributed by atoms with Crippen LogP contribution in [-0.4, -0.2) is 36.5 Å². The third-order valence-electron chi connectivity index (χ3n) is 3.97. The lowest BCUT2D eigenvalue weighted by atomic mass is 9.92. The molecule has 1 aromatic rings. The first kappa shape index (κ1) is 20.2. The fraction of sp³-hybridized carbons (Fsp3) is 0.533. The van der Waals surface area contributed by atoms with Crippen molar-refractivity contribution >= 4 is 30.7 Å². The van der Waals surface area contributed by atoms with E-state index >= 15 is 0 Å². The second-order valence-corrected chi connectivity index (χ2v) is 5.98. The van der Waals surface area contributed by atoms with E-state index in [2.05, 4.69) is 12.1 Å². The van der Waals surface area contributed by atoms with E-state index in [0.717, 1.165) is 0 Å². The number of nitrogens with two attached hydrogens (primary N) is 2. The van der Waals surface area contributed by atoms with Crippen LogP contribution < -0.4 is 11.5 Å². The van der Waals surface area contributed by atoms with Gasteiger partial charge in [0, 0.05) is 31.6 Å². The van der Waals surface area contributed by atoms with Crippen molar-refractivity contribution in [3.63, 3.8) is 0 Å². The summed E-state index contributed by atoms with van der Waals surface area (Å²) in [7, 11) is 0. The van der Waals surface area contributed by atoms with Crippen LogP contribution in [0.25, 0.3) is 0 Å². The predicted octanol–water partition coefficient (Wildman–Crippen LogP) is 1.77. The maximum Gasteiger partial charge on any atom is 0.229 e. The van der Waals surface area contributed by atoms with Crippen LogP contribution in [0.5, 0.6) is 0 Å². The van der Waals surface area contributed by atoms with Crippen LogP contribution in [0, 0.1) is 5.41 Å². The highest BCUT2D eigenvalue weighted by Gasteiger charge is 2.38. The van der Waals surface area contributed by atoms with Crippen LogP contribution in [0.1, 0.15) is 25.3 Å². The lowest BCUT2D eigenvalue weighted by Gasteiger charge is -2.28. The van der Waals surface area contributed by atoms with Crippen molar-refractivity contribution in [2.75, 3.05) is 19.6 Å². The molecule has 0 saturated carbocycles. The minimum Gasteiger partial charge on any atom is -0.340 e. The monoisotopic (exact) mass is 333 g/mol. The van der Waals surface area contributed by atoms with Gasteiger partial charge in [0.2, 0.25) is 5.91 Å². The molecule has 0 spiro atoms. The molecule has 0 radical (unpaired) electrons. The molecule has 0 unspecified atom stereocenters. The van der Waals surface area contributed by atoms with E-state index in [1.807, 2.05) is 36.9 Å². The van der Waals surface area contributed by atoms with Gasteiger partial charge in [-0.3, -0.25) is 4.79 Å². The number of rotatable bonds is 3. The van der Waals surface area contributed by atoms with E-state index < -0.39 is 5.41 Å². The average Bonchev–Trinajstić information content (AvgIpc) is 2.80. The molecule has 2 atom stereocenters. The van der Waals surface area contributed by atoms with Crippen molar-refractivity contribution in [1.82, 2.24) is 4.90 Å². The van der Waals surface area contributed by atoms with Crippen LogP contribution in [0.2, 0.25) is 0 Å². The van der Waals surface area contributed by atoms with Crippen LogP contribution in [0.15, 0.2) is 30.3 Å². The number of benzene rings is 1. The van der Waals surface area contributed by atoms with Gasteiger partial charge < -0.3 is 16.4 Å². The molecule has 0 bridgehead atoms. The van der Waals surface area contributed by atoms with Crippen LogP contribution in [-0.2, 0) is 4.79 Å². The van der Waals surface area contributed by atoms with E-state index in [1.165, 1.54) is 5.56 Å². The Labute approximate surface area is 139 Å². The van der Waals surface area contributed by atoms with Gasteiger partial charge in [-0.2, -0.15) is 0 Å². The Hall–Kier alpha value is -0.810. The fourth-order valence-corrected chi connectivity index (χ4v) is 2.56. The van der Waals surface area contributed by atoms with E-state index in [4.69, 9.17) is 11.5 Å². The molecule has 1 aliphatic heterocycles. The summed E-state index contributed by atoms with van der Waals surface area (Å²) in [5, 5.41) is 0. The van der Waals surface area contributed by atoms with Crippen LogP contribution >= 0.6 is 24.8 Å². The zero-order valence-electron chi connectivity index (χ0n) is 12.5. The van der Waals surface area contributed by atoms with Gasteiger partial charge in [0.05, 0.1) is 5.41 Å². The Bertz CT molecular complexity index is 453. The molecule has 0 aliphatic carbocycles. The van der Waals surface area contributed by atoms with Crippen LogP contribution in [0.3, 0.4) is 0 Å². The standard InChI is InChI=1S/C15H23N3O.2ClH/c1-15(2,10-16)14(19)18-8-12(13(17)9-18)11-6-4-3-5-7-11;;/h3-7,12-13H,8-10,16-17H2,1-2H3;2*1H/t12-,13+;;/m0../s1. The van der Waals surface area contributed by atoms with E-state index in [9.17, 15) is 4.79 Å². The fourth-order valence-electron chi connectivity index (χ4n) is 2.56. The predicted molar refractivity (Wildman–Crippen MR) is 91.1 cm³/mol. The zero-order chi connectivity index (χ0) is 14.0. The van der Waals surface area contributed by atoms with Gasteiger partial charge in [-0.25, -0.2) is 0 Å². The third kappa shape index (κ3) is 4.33. The molecule has 1 fully saturated rings. The molecule has 6 heteroatoms. The van der Waals surface area contributed by atoms with Crippen molar-refractivity contribution in [3.8, 4) is 0 Å². The lowest BCUT2D eigenvalue weighted by molar-refractivity contribution is -0.138. The largest absolute Gasteiger partial charge is 0.340 e. The number of hydrogen-bond acceptors (Lipinski definition) is 3. The topological polar surface area (TPSA) is 72.4 Å². The van der Waals surface area contributed by atoms with Crippen molar-refractivity contribution in [1.29, 1.82) is 0 Å². The molecule has 1 amide bonds. The molecule has 120 valence electrons. The summed E-state index contributed by atoms with van der Waals surface area (Å²) in [6, 6.07) is 10.2. The number of carbonyl (C=O) groups is 1. The Morgan fingerprint density at radius 1 is 1.24 bits per heavy atom. The summed E-state index contributed by atoms with van der Waals surface area (Å²) < 4.78 is 0. The second kappa shape index (κ2) is 7.99. The number of halogens is 2. The van der Waals surface area contributed by atoms with Gasteiger partial charge in [0.1, 0.15) is 0 Å². The van der Waals surface area contributed by atoms with Crippen molar-refractivity contribution in [3.05, 3.63) is 35.9 Å². The Balaban J connectivity index is 0.00000200. The molecule has 4 nitrogen and oxygen atoms in total. The summed E-state index contributed by atoms with van der Waals surface area (Å²) in [5.74, 6) is 0.322. The first-order chi connectivity index (χ1) is 8.95. The summed E-state index contributed by atoms with van der Waals surface area (Å²) in [6.07, 6.45) is 0. The third-order valence-corrected chi connectivity index (χ3v) is 3.97. The second-order valence-electron chi connectivity index (χ2n) is 5.98. The molecule has 1 saturated heterocycles. The molecule has 4 N–H and O–H groups in total. The number of nitrogens with zero attached hydrogens (tertiary/aromatic N) is 1. The quantitative estimate of drug-likeness (QED) is 0.885. The van der Waals surface area contributed by atoms with Gasteiger partial charge in [-0.1, -0.05) is 30.3 Å². The number of likely N-dealkylation sites (tertiary alicyclic amines) is 1. The summed E-state index contributed by atoms with van der Waals surface area (Å²) in [4.78, 5) is 14.3. The molecular formula is C15H25Cl2N3O. The van der Waals surface area contributed by atoms with Gasteiger partial charge in [0.25, 0.3) is 0 Å². The van der Waals surface area contributed by atoms with Gasteiger partial charge in [-0.15, -0.1) is 24.8 Å². The van der Waals surface area contributed by atoms with Crippen molar-refractivity contribution in [2.24, 2.45) is 16.9 Å². The Kier molecular flexibility index (Phi) is 7.68. The van der Waals surface area contributed by atoms with E-state index in [1.54, 1.807) is 0 Å². The molecule has 1 aliphatic rings. The van der Waals surface area contributed by atoms with E-state index in [-0.39, 0.29) is 42.7 Å². The molecule has 2 rings (SSSR count). The maximum atomic E-state index is 12.4. The normalized spacial score (nSPS) is 21.4. The van der Waals surface area contributed by atoms with E-state index in [0.29, 0.717) is 19.6 Å². The first-order valence-electron chi connectivity index (χ1n) is 6.75. The molecule has 1 aromatic carbocycles. The van der Waals surface area contributed by atoms with Gasteiger partial charge in [-0.05, 0) is 19.4 Å². The first-order valence-corrected chi connectivity index (χ1v) is 6.75. The summed E-state index contributed by atoms with van der Waals surface area (Å²) >= 11 is 0. The highest BCUT2D eigenvalue weighted by molar-refractivity contribution is 5.85. The summed E-state index contributed by atoms with van der Waals surface area (Å²) in [6.45, 7) is 5.43. The van der Waals surface area contributed by atoms with Crippen molar-refractivity contribution in [2.45, 2.75) is 25.8 Å². The number of hydrogen-bond donors (Lipinski definition) is 2. The molecule has 21 heavy (non-hydrogen) atoms. The highest BCUT2D eigenvalue weighted by Crippen LogP contribution is 2.29. The number of carbonyl (C=O) groups excluding carboxylic acids is 1. The highest BCUT2D eigenvalue weighted by atomic mass is 35.5. The average molecular weight is 334 g/mol. The molecule has 0 aromatic heterocycles. The number of amides is 1. The van der Waals surface area contributed by atoms with Gasteiger partial charge >= 0.3 is 0 Å². The minimum absolute atomic E-state index is 0. The van der Waals surface area contributed by atoms with Crippen LogP contribution in [0.4, 0.5) is 0 Å². The Morgan fingerprint density at radius 3 is 2.33 bits per heavy atom. The minimum atomic E-state index is -0.509. The smallest absolute Gasteiger partial charge is 0.229 e. The van der Waals surface area contributed by atoms with Gasteiger partial charge in [0.15, 0.2) is 0 Å². The maximum absolute atomic E-state index is 12.4. The molecular weight excluding hydrogens is 309 g/mol. The lowest BCUT2D eigenvalue weighted by Crippen LogP contribution is -2.44. The van der Waals surface area contributed by atoms with Crippen molar-refractivity contribution < 1.29 is 4.79 Å². The SMILES string of the molecule is CC(C)(CN)C(=O)N1C[C@@H](N)[C@H](c2ccccc2)C1.Cl.Cl.